The Bertz CT molecular complexity index is 3260. The zero-order valence-corrected chi connectivity index (χ0v) is 36.2. The van der Waals surface area contributed by atoms with Crippen molar-refractivity contribution >= 4 is 21.9 Å². The van der Waals surface area contributed by atoms with Crippen LogP contribution in [-0.4, -0.2) is 15.0 Å². The molecule has 4 fully saturated rings. The maximum absolute atomic E-state index is 6.60. The van der Waals surface area contributed by atoms with Crippen molar-refractivity contribution in [1.82, 2.24) is 15.0 Å². The van der Waals surface area contributed by atoms with Crippen LogP contribution < -0.4 is 0 Å². The van der Waals surface area contributed by atoms with Gasteiger partial charge in [0, 0.05) is 27.3 Å². The Morgan fingerprint density at radius 3 is 1.75 bits per heavy atom. The van der Waals surface area contributed by atoms with Crippen LogP contribution in [0.1, 0.15) is 74.6 Å². The van der Waals surface area contributed by atoms with Gasteiger partial charge >= 0.3 is 0 Å². The highest BCUT2D eigenvalue weighted by molar-refractivity contribution is 6.09. The lowest BCUT2D eigenvalue weighted by molar-refractivity contribution is -0.00518. The van der Waals surface area contributed by atoms with Crippen molar-refractivity contribution in [1.29, 1.82) is 0 Å². The van der Waals surface area contributed by atoms with Crippen molar-refractivity contribution in [3.05, 3.63) is 174 Å². The average molecular weight is 816 g/mol. The number of hydrogen-bond donors (Lipinski definition) is 0. The van der Waals surface area contributed by atoms with Crippen LogP contribution in [0, 0.1) is 24.7 Å². The van der Waals surface area contributed by atoms with Crippen molar-refractivity contribution in [3.63, 3.8) is 0 Å². The normalized spacial score (nSPS) is 21.5. The van der Waals surface area contributed by atoms with E-state index in [1.165, 1.54) is 71.9 Å². The Labute approximate surface area is 369 Å². The first-order chi connectivity index (χ1) is 30.7. The van der Waals surface area contributed by atoms with E-state index in [9.17, 15) is 0 Å². The number of furan rings is 1. The van der Waals surface area contributed by atoms with Gasteiger partial charge in [0.2, 0.25) is 0 Å². The standard InChI is InChI=1S/C59H49N3O/c1-35-15-17-39(18-16-35)42-28-43(40-19-22-45(23-20-40)59-32-36-25-37(33-59)27-38(26-36)34-59)30-44(29-42)56-60-55(41-21-24-47-46-9-4-6-13-51(46)58(2,3)52(47)31-41)61-57(62-56)50-12-8-11-49-48-10-5-7-14-53(48)63-54(49)50/h4-24,28-31,36-38H,25-27,32-34H2,1-3H3. The first-order valence-corrected chi connectivity index (χ1v) is 23.0. The summed E-state index contributed by atoms with van der Waals surface area (Å²) in [6.07, 6.45) is 8.47. The monoisotopic (exact) mass is 815 g/mol. The first-order valence-electron chi connectivity index (χ1n) is 23.0. The molecule has 5 aliphatic carbocycles. The summed E-state index contributed by atoms with van der Waals surface area (Å²) < 4.78 is 6.60. The molecule has 4 nitrogen and oxygen atoms in total. The highest BCUT2D eigenvalue weighted by Crippen LogP contribution is 2.61. The van der Waals surface area contributed by atoms with E-state index in [0.29, 0.717) is 22.9 Å². The molecule has 63 heavy (non-hydrogen) atoms. The number of nitrogens with zero attached hydrogens (tertiary/aromatic N) is 3. The third kappa shape index (κ3) is 5.90. The number of hydrogen-bond acceptors (Lipinski definition) is 4. The number of benzene rings is 7. The molecular weight excluding hydrogens is 767 g/mol. The largest absolute Gasteiger partial charge is 0.455 e. The number of fused-ring (bicyclic) bond motifs is 6. The fraction of sp³-hybridized carbons (Fsp3) is 0.237. The van der Waals surface area contributed by atoms with Crippen LogP contribution >= 0.6 is 0 Å². The van der Waals surface area contributed by atoms with Crippen molar-refractivity contribution in [2.24, 2.45) is 17.8 Å². The van der Waals surface area contributed by atoms with Gasteiger partial charge in [0.1, 0.15) is 11.2 Å². The van der Waals surface area contributed by atoms with E-state index in [4.69, 9.17) is 19.4 Å². The zero-order chi connectivity index (χ0) is 42.0. The molecule has 0 amide bonds. The van der Waals surface area contributed by atoms with Gasteiger partial charge in [-0.25, -0.2) is 15.0 Å². The molecule has 14 rings (SSSR count). The molecule has 306 valence electrons. The van der Waals surface area contributed by atoms with Crippen molar-refractivity contribution in [3.8, 4) is 67.5 Å². The quantitative estimate of drug-likeness (QED) is 0.168. The molecule has 0 N–H and O–H groups in total. The first kappa shape index (κ1) is 37.0. The summed E-state index contributed by atoms with van der Waals surface area (Å²) in [7, 11) is 0. The third-order valence-corrected chi connectivity index (χ3v) is 15.6. The van der Waals surface area contributed by atoms with Crippen LogP contribution in [-0.2, 0) is 10.8 Å². The molecule has 7 aromatic carbocycles. The van der Waals surface area contributed by atoms with Crippen molar-refractivity contribution in [2.75, 3.05) is 0 Å². The Morgan fingerprint density at radius 1 is 0.460 bits per heavy atom. The van der Waals surface area contributed by atoms with E-state index in [-0.39, 0.29) is 5.41 Å². The van der Waals surface area contributed by atoms with Gasteiger partial charge in [-0.2, -0.15) is 0 Å². The smallest absolute Gasteiger partial charge is 0.167 e. The van der Waals surface area contributed by atoms with Crippen LogP contribution in [0.25, 0.3) is 89.5 Å². The predicted octanol–water partition coefficient (Wildman–Crippen LogP) is 15.2. The Hall–Kier alpha value is -6.65. The molecule has 4 saturated carbocycles. The molecule has 2 aromatic heterocycles. The van der Waals surface area contributed by atoms with Gasteiger partial charge < -0.3 is 4.42 Å². The summed E-state index contributed by atoms with van der Waals surface area (Å²) in [5.74, 6) is 4.60. The second kappa shape index (κ2) is 13.7. The molecule has 0 saturated heterocycles. The van der Waals surface area contributed by atoms with E-state index in [0.717, 1.165) is 73.1 Å². The molecule has 0 radical (unpaired) electrons. The molecule has 5 aliphatic rings. The Morgan fingerprint density at radius 2 is 1.02 bits per heavy atom. The van der Waals surface area contributed by atoms with Gasteiger partial charge in [-0.15, -0.1) is 0 Å². The van der Waals surface area contributed by atoms with E-state index in [2.05, 4.69) is 160 Å². The summed E-state index contributed by atoms with van der Waals surface area (Å²) in [4.78, 5) is 16.1. The van der Waals surface area contributed by atoms with Crippen LogP contribution in [0.4, 0.5) is 0 Å². The lowest BCUT2D eigenvalue weighted by Crippen LogP contribution is -2.48. The summed E-state index contributed by atoms with van der Waals surface area (Å²) in [5.41, 5.74) is 17.2. The molecule has 4 heteroatoms. The number of para-hydroxylation sites is 2. The van der Waals surface area contributed by atoms with Crippen molar-refractivity contribution < 1.29 is 4.42 Å². The summed E-state index contributed by atoms with van der Waals surface area (Å²) in [6.45, 7) is 6.79. The van der Waals surface area contributed by atoms with E-state index >= 15 is 0 Å². The fourth-order valence-corrected chi connectivity index (χ4v) is 12.8. The highest BCUT2D eigenvalue weighted by atomic mass is 16.3. The molecule has 0 atom stereocenters. The van der Waals surface area contributed by atoms with Crippen LogP contribution in [0.3, 0.4) is 0 Å². The number of aromatic nitrogens is 3. The van der Waals surface area contributed by atoms with Crippen LogP contribution in [0.2, 0.25) is 0 Å². The van der Waals surface area contributed by atoms with Gasteiger partial charge in [0.15, 0.2) is 17.5 Å². The third-order valence-electron chi connectivity index (χ3n) is 15.6. The molecule has 0 spiro atoms. The van der Waals surface area contributed by atoms with E-state index in [1.54, 1.807) is 5.56 Å². The van der Waals surface area contributed by atoms with Crippen molar-refractivity contribution in [2.45, 2.75) is 70.1 Å². The highest BCUT2D eigenvalue weighted by Gasteiger charge is 2.51. The topological polar surface area (TPSA) is 51.8 Å². The molecule has 2 heterocycles. The molecular formula is C59H49N3O. The molecule has 0 unspecified atom stereocenters. The fourth-order valence-electron chi connectivity index (χ4n) is 12.8. The Kier molecular flexibility index (Phi) is 8.02. The minimum Gasteiger partial charge on any atom is -0.455 e. The van der Waals surface area contributed by atoms with Gasteiger partial charge in [-0.05, 0) is 155 Å². The number of rotatable bonds is 6. The van der Waals surface area contributed by atoms with E-state index in [1.807, 2.05) is 12.1 Å². The lowest BCUT2D eigenvalue weighted by atomic mass is 9.48. The predicted molar refractivity (Wildman–Crippen MR) is 256 cm³/mol. The summed E-state index contributed by atoms with van der Waals surface area (Å²) in [5, 5.41) is 2.12. The Balaban J connectivity index is 0.989. The molecule has 0 aliphatic heterocycles. The second-order valence-electron chi connectivity index (χ2n) is 20.0. The zero-order valence-electron chi connectivity index (χ0n) is 36.2. The van der Waals surface area contributed by atoms with Crippen LogP contribution in [0.5, 0.6) is 0 Å². The average Bonchev–Trinajstić information content (AvgIpc) is 3.80. The maximum atomic E-state index is 6.60. The second-order valence-corrected chi connectivity index (χ2v) is 20.0. The van der Waals surface area contributed by atoms with Crippen LogP contribution in [0.15, 0.2) is 156 Å². The van der Waals surface area contributed by atoms with Gasteiger partial charge in [0.25, 0.3) is 0 Å². The minimum absolute atomic E-state index is 0.164. The lowest BCUT2D eigenvalue weighted by Gasteiger charge is -2.57. The van der Waals surface area contributed by atoms with Gasteiger partial charge in [0.05, 0.1) is 5.56 Å². The molecule has 9 aromatic rings. The SMILES string of the molecule is Cc1ccc(-c2cc(-c3ccc(C45CC6CC(CC(C6)C4)C5)cc3)cc(-c3nc(-c4ccc5c(c4)C(C)(C)c4ccccc4-5)nc(-c4cccc5c4oc4ccccc45)n3)c2)cc1. The molecule has 4 bridgehead atoms. The van der Waals surface area contributed by atoms with E-state index < -0.39 is 0 Å². The van der Waals surface area contributed by atoms with Gasteiger partial charge in [-0.1, -0.05) is 135 Å². The summed E-state index contributed by atoms with van der Waals surface area (Å²) >= 11 is 0. The number of aryl methyl sites for hydroxylation is 1. The maximum Gasteiger partial charge on any atom is 0.167 e. The summed E-state index contributed by atoms with van der Waals surface area (Å²) in [6, 6.07) is 55.4. The van der Waals surface area contributed by atoms with Gasteiger partial charge in [-0.3, -0.25) is 0 Å². The minimum atomic E-state index is -0.164.